The number of benzene rings is 2. The fraction of sp³-hybridized carbons (Fsp3) is 0.292. The Morgan fingerprint density at radius 3 is 2.66 bits per heavy atom. The first-order chi connectivity index (χ1) is 17.9. The number of methoxy groups -OCH3 is 1. The number of hydrogen-bond donors (Lipinski definition) is 2. The van der Waals surface area contributed by atoms with Crippen molar-refractivity contribution >= 4 is 34.0 Å². The molecule has 4 rings (SSSR count). The number of anilines is 4. The van der Waals surface area contributed by atoms with Crippen LogP contribution in [0.4, 0.5) is 31.8 Å². The molecule has 2 heterocycles. The summed E-state index contributed by atoms with van der Waals surface area (Å²) in [4.78, 5) is 16.8. The van der Waals surface area contributed by atoms with Gasteiger partial charge in [-0.25, -0.2) is 23.7 Å². The molecule has 0 saturated heterocycles. The number of halogens is 2. The van der Waals surface area contributed by atoms with Gasteiger partial charge in [-0.1, -0.05) is 0 Å². The number of imidazole rings is 1. The van der Waals surface area contributed by atoms with E-state index in [1.165, 1.54) is 19.4 Å². The fourth-order valence-electron chi connectivity index (χ4n) is 3.59. The minimum Gasteiger partial charge on any atom is -0.494 e. The van der Waals surface area contributed by atoms with Crippen LogP contribution in [0.15, 0.2) is 36.5 Å². The first kappa shape index (κ1) is 20.4. The molecule has 4 aromatic rings. The van der Waals surface area contributed by atoms with Crippen molar-refractivity contribution in [1.29, 1.82) is 0 Å². The van der Waals surface area contributed by atoms with Crippen LogP contribution in [0.3, 0.4) is 0 Å². The Bertz CT molecular complexity index is 1480. The van der Waals surface area contributed by atoms with Crippen molar-refractivity contribution in [2.45, 2.75) is 0 Å². The first-order valence-electron chi connectivity index (χ1n) is 12.2. The molecule has 0 aliphatic carbocycles. The molecule has 2 aromatic carbocycles. The minimum atomic E-state index is -2.78. The van der Waals surface area contributed by atoms with Crippen LogP contribution in [0, 0.1) is 11.6 Å². The van der Waals surface area contributed by atoms with E-state index < -0.39 is 18.6 Å². The quantitative estimate of drug-likeness (QED) is 0.365. The third-order valence-electron chi connectivity index (χ3n) is 5.45. The smallest absolute Gasteiger partial charge is 0.227 e. The molecule has 0 radical (unpaired) electrons. The highest BCUT2D eigenvalue weighted by Gasteiger charge is 2.17. The third kappa shape index (κ3) is 4.94. The zero-order valence-electron chi connectivity index (χ0n) is 22.8. The first-order valence-corrected chi connectivity index (χ1v) is 10.7. The van der Waals surface area contributed by atoms with Gasteiger partial charge in [0.05, 0.1) is 29.7 Å². The van der Waals surface area contributed by atoms with E-state index in [4.69, 9.17) is 14.6 Å². The van der Waals surface area contributed by atoms with Crippen LogP contribution in [0.5, 0.6) is 5.75 Å². The standard InChI is InChI=1S/C24H28F2N8O/c1-32(2)8-9-33(3)19-13-21(35-5)18(12-16(19)27)30-24-28-7-6-17(29-24)23-31-22-15(26)10-14(25)11-20(22)34(23)4/h6-7,10-13H,8-9,27H2,1-5H3,(H,28,29,30)/i4D3. The van der Waals surface area contributed by atoms with Crippen LogP contribution in [-0.4, -0.2) is 65.8 Å². The molecular formula is C24H28F2N8O. The second-order valence-electron chi connectivity index (χ2n) is 8.25. The Balaban J connectivity index is 1.73. The summed E-state index contributed by atoms with van der Waals surface area (Å²) in [6.45, 7) is -1.21. The predicted octanol–water partition coefficient (Wildman–Crippen LogP) is 3.64. The lowest BCUT2D eigenvalue weighted by molar-refractivity contribution is 0.413. The van der Waals surface area contributed by atoms with Gasteiger partial charge in [0.25, 0.3) is 0 Å². The number of fused-ring (bicyclic) bond motifs is 1. The number of likely N-dealkylation sites (N-methyl/N-ethyl adjacent to an activating group) is 2. The Morgan fingerprint density at radius 1 is 1.14 bits per heavy atom. The normalized spacial score (nSPS) is 12.9. The lowest BCUT2D eigenvalue weighted by atomic mass is 10.2. The van der Waals surface area contributed by atoms with Crippen molar-refractivity contribution in [3.63, 3.8) is 0 Å². The minimum absolute atomic E-state index is 0.0848. The van der Waals surface area contributed by atoms with Gasteiger partial charge in [-0.2, -0.15) is 0 Å². The molecule has 0 saturated carbocycles. The number of nitrogen functional groups attached to an aromatic ring is 1. The van der Waals surface area contributed by atoms with Crippen molar-refractivity contribution in [3.8, 4) is 17.3 Å². The lowest BCUT2D eigenvalue weighted by Gasteiger charge is -2.24. The van der Waals surface area contributed by atoms with E-state index in [0.717, 1.165) is 29.4 Å². The van der Waals surface area contributed by atoms with Crippen LogP contribution in [-0.2, 0) is 6.98 Å². The van der Waals surface area contributed by atoms with Gasteiger partial charge in [-0.15, -0.1) is 0 Å². The van der Waals surface area contributed by atoms with E-state index in [1.807, 2.05) is 26.0 Å². The van der Waals surface area contributed by atoms with Crippen molar-refractivity contribution in [3.05, 3.63) is 48.2 Å². The topological polar surface area (TPSA) is 97.4 Å². The number of rotatable bonds is 8. The summed E-state index contributed by atoms with van der Waals surface area (Å²) in [5.74, 6) is -1.50. The zero-order valence-corrected chi connectivity index (χ0v) is 19.8. The average Bonchev–Trinajstić information content (AvgIpc) is 3.23. The van der Waals surface area contributed by atoms with E-state index in [9.17, 15) is 8.78 Å². The summed E-state index contributed by atoms with van der Waals surface area (Å²) in [5.41, 5.74) is 7.67. The van der Waals surface area contributed by atoms with Crippen LogP contribution >= 0.6 is 0 Å². The van der Waals surface area contributed by atoms with Gasteiger partial charge in [-0.05, 0) is 32.3 Å². The third-order valence-corrected chi connectivity index (χ3v) is 5.45. The van der Waals surface area contributed by atoms with Crippen molar-refractivity contribution in [2.75, 3.05) is 57.3 Å². The number of nitrogens with zero attached hydrogens (tertiary/aromatic N) is 6. The van der Waals surface area contributed by atoms with Gasteiger partial charge >= 0.3 is 0 Å². The van der Waals surface area contributed by atoms with E-state index in [1.54, 1.807) is 12.1 Å². The van der Waals surface area contributed by atoms with Crippen LogP contribution in [0.2, 0.25) is 0 Å². The molecule has 0 fully saturated rings. The molecular weight excluding hydrogens is 454 g/mol. The summed E-state index contributed by atoms with van der Waals surface area (Å²) in [6, 6.07) is 6.48. The largest absolute Gasteiger partial charge is 0.494 e. The Hall–Kier alpha value is -3.99. The monoisotopic (exact) mass is 485 g/mol. The van der Waals surface area contributed by atoms with Crippen molar-refractivity contribution in [2.24, 2.45) is 6.98 Å². The second-order valence-corrected chi connectivity index (χ2v) is 8.25. The van der Waals surface area contributed by atoms with E-state index in [2.05, 4.69) is 25.2 Å². The molecule has 184 valence electrons. The molecule has 0 spiro atoms. The fourth-order valence-corrected chi connectivity index (χ4v) is 3.59. The van der Waals surface area contributed by atoms with Gasteiger partial charge in [0, 0.05) is 49.6 Å². The predicted molar refractivity (Wildman–Crippen MR) is 134 cm³/mol. The highest BCUT2D eigenvalue weighted by atomic mass is 19.1. The molecule has 0 atom stereocenters. The van der Waals surface area contributed by atoms with Crippen molar-refractivity contribution < 1.29 is 17.6 Å². The van der Waals surface area contributed by atoms with Crippen LogP contribution in [0.25, 0.3) is 22.6 Å². The molecule has 35 heavy (non-hydrogen) atoms. The van der Waals surface area contributed by atoms with Gasteiger partial charge < -0.3 is 30.2 Å². The average molecular weight is 486 g/mol. The summed E-state index contributed by atoms with van der Waals surface area (Å²) < 4.78 is 58.5. The molecule has 2 aromatic heterocycles. The number of nitrogens with one attached hydrogen (secondary N) is 1. The van der Waals surface area contributed by atoms with Gasteiger partial charge in [0.1, 0.15) is 22.8 Å². The Labute approximate surface area is 206 Å². The maximum absolute atomic E-state index is 14.4. The maximum atomic E-state index is 14.4. The molecule has 0 unspecified atom stereocenters. The van der Waals surface area contributed by atoms with Crippen molar-refractivity contribution in [1.82, 2.24) is 24.4 Å². The highest BCUT2D eigenvalue weighted by molar-refractivity contribution is 5.81. The molecule has 3 N–H and O–H groups in total. The van der Waals surface area contributed by atoms with Crippen LogP contribution < -0.4 is 20.7 Å². The van der Waals surface area contributed by atoms with Gasteiger partial charge in [0.15, 0.2) is 11.6 Å². The van der Waals surface area contributed by atoms with E-state index in [0.29, 0.717) is 23.2 Å². The summed E-state index contributed by atoms with van der Waals surface area (Å²) in [6.07, 6.45) is 1.39. The molecule has 0 amide bonds. The number of nitrogens with two attached hydrogens (primary N) is 1. The maximum Gasteiger partial charge on any atom is 0.227 e. The molecule has 0 aliphatic rings. The van der Waals surface area contributed by atoms with E-state index >= 15 is 0 Å². The number of ether oxygens (including phenoxy) is 1. The highest BCUT2D eigenvalue weighted by Crippen LogP contribution is 2.36. The molecule has 0 bridgehead atoms. The molecule has 11 heteroatoms. The number of hydrogen-bond acceptors (Lipinski definition) is 8. The molecule has 0 aliphatic heterocycles. The van der Waals surface area contributed by atoms with E-state index in [-0.39, 0.29) is 28.5 Å². The van der Waals surface area contributed by atoms with Gasteiger partial charge in [-0.3, -0.25) is 0 Å². The number of aromatic nitrogens is 4. The summed E-state index contributed by atoms with van der Waals surface area (Å²) >= 11 is 0. The summed E-state index contributed by atoms with van der Waals surface area (Å²) in [7, 11) is 7.42. The Morgan fingerprint density at radius 2 is 1.94 bits per heavy atom. The number of aryl methyl sites for hydroxylation is 1. The molecule has 9 nitrogen and oxygen atoms in total. The van der Waals surface area contributed by atoms with Crippen LogP contribution in [0.1, 0.15) is 4.11 Å². The zero-order chi connectivity index (χ0) is 27.8. The Kier molecular flexibility index (Phi) is 5.65. The lowest BCUT2D eigenvalue weighted by Crippen LogP contribution is -2.29. The summed E-state index contributed by atoms with van der Waals surface area (Å²) in [5, 5.41) is 3.04. The second kappa shape index (κ2) is 9.71. The SMILES string of the molecule is [2H]C([2H])([2H])n1c(-c2ccnc(Nc3cc(N)c(N(C)CCN(C)C)cc3OC)n2)nc2c(F)cc(F)cc21. The van der Waals surface area contributed by atoms with Gasteiger partial charge in [0.2, 0.25) is 5.95 Å².